The molecule has 0 aliphatic carbocycles. The third kappa shape index (κ3) is 4.52. The average molecular weight is 336 g/mol. The quantitative estimate of drug-likeness (QED) is 0.351. The van der Waals surface area contributed by atoms with E-state index in [0.717, 1.165) is 5.69 Å². The van der Waals surface area contributed by atoms with Crippen molar-refractivity contribution in [2.75, 3.05) is 6.54 Å². The summed E-state index contributed by atoms with van der Waals surface area (Å²) in [5.74, 6) is -1.02. The molecule has 1 aliphatic rings. The Kier molecular flexibility index (Phi) is 5.14. The molecule has 11 nitrogen and oxygen atoms in total. The Bertz CT molecular complexity index is 656. The van der Waals surface area contributed by atoms with E-state index in [-0.39, 0.29) is 24.8 Å². The first-order valence-electron chi connectivity index (χ1n) is 7.26. The third-order valence-electron chi connectivity index (χ3n) is 3.43. The van der Waals surface area contributed by atoms with Crippen molar-refractivity contribution in [3.63, 3.8) is 0 Å². The van der Waals surface area contributed by atoms with Crippen LogP contribution in [0.25, 0.3) is 0 Å². The summed E-state index contributed by atoms with van der Waals surface area (Å²) in [5, 5.41) is 7.52. The van der Waals surface area contributed by atoms with Gasteiger partial charge in [-0.3, -0.25) is 14.9 Å². The summed E-state index contributed by atoms with van der Waals surface area (Å²) in [6, 6.07) is -1.27. The van der Waals surface area contributed by atoms with E-state index >= 15 is 0 Å². The Morgan fingerprint density at radius 2 is 2.25 bits per heavy atom. The van der Waals surface area contributed by atoms with E-state index in [9.17, 15) is 14.4 Å². The number of H-pyrrole nitrogens is 1. The van der Waals surface area contributed by atoms with Crippen LogP contribution in [0.5, 0.6) is 0 Å². The summed E-state index contributed by atoms with van der Waals surface area (Å²) >= 11 is 0. The number of carbonyl (C=O) groups excluding carboxylic acids is 3. The molecule has 1 aliphatic heterocycles. The minimum Gasteiger partial charge on any atom is -0.353 e. The molecule has 11 heteroatoms. The van der Waals surface area contributed by atoms with Crippen LogP contribution in [0, 0.1) is 0 Å². The van der Waals surface area contributed by atoms with Crippen molar-refractivity contribution in [1.29, 1.82) is 0 Å². The van der Waals surface area contributed by atoms with E-state index in [2.05, 4.69) is 30.9 Å². The minimum atomic E-state index is -1.23. The number of carbonyl (C=O) groups is 3. The van der Waals surface area contributed by atoms with Gasteiger partial charge in [-0.05, 0) is 6.92 Å². The number of hydrogen-bond donors (Lipinski definition) is 6. The van der Waals surface area contributed by atoms with Crippen molar-refractivity contribution < 1.29 is 14.4 Å². The Morgan fingerprint density at radius 1 is 1.50 bits per heavy atom. The highest BCUT2D eigenvalue weighted by Gasteiger charge is 2.38. The second kappa shape index (κ2) is 7.08. The number of aromatic nitrogens is 2. The van der Waals surface area contributed by atoms with E-state index in [4.69, 9.17) is 11.5 Å². The monoisotopic (exact) mass is 336 g/mol. The molecule has 1 aromatic heterocycles. The standard InChI is InChI=1S/C13H20N8O3/c1-13(5-17-12(19-10(13)23)20-11(15)24)21-9(22)3-7(14)2-8-4-16-6-18-8/h4,6-7H,2-3,5,14H2,1H3,(H,16,18)(H,21,22)(H4,15,17,19,20,23,24)/t7-,13+/m1/s1. The molecule has 2 heterocycles. The fourth-order valence-corrected chi connectivity index (χ4v) is 2.23. The first kappa shape index (κ1) is 17.4. The molecule has 0 bridgehead atoms. The molecule has 24 heavy (non-hydrogen) atoms. The van der Waals surface area contributed by atoms with Crippen LogP contribution >= 0.6 is 0 Å². The number of nitrogens with one attached hydrogen (secondary N) is 4. The van der Waals surface area contributed by atoms with Crippen molar-refractivity contribution in [3.8, 4) is 0 Å². The number of rotatable bonds is 5. The lowest BCUT2D eigenvalue weighted by Gasteiger charge is -2.32. The maximum Gasteiger partial charge on any atom is 0.318 e. The zero-order valence-electron chi connectivity index (χ0n) is 13.1. The Labute approximate surface area is 137 Å². The molecule has 8 N–H and O–H groups in total. The summed E-state index contributed by atoms with van der Waals surface area (Å²) in [4.78, 5) is 45.5. The average Bonchev–Trinajstić information content (AvgIpc) is 2.95. The topological polar surface area (TPSA) is 180 Å². The normalized spacial score (nSPS) is 21.4. The van der Waals surface area contributed by atoms with E-state index in [1.807, 2.05) is 0 Å². The summed E-state index contributed by atoms with van der Waals surface area (Å²) < 4.78 is 0. The number of aliphatic imine (C=N–C) groups is 1. The molecule has 0 aromatic carbocycles. The van der Waals surface area contributed by atoms with Crippen LogP contribution in [0.1, 0.15) is 19.0 Å². The van der Waals surface area contributed by atoms with E-state index < -0.39 is 23.5 Å². The number of aromatic amines is 1. The molecule has 0 radical (unpaired) electrons. The van der Waals surface area contributed by atoms with Gasteiger partial charge in [-0.15, -0.1) is 0 Å². The molecular weight excluding hydrogens is 316 g/mol. The Hall–Kier alpha value is -2.95. The molecule has 0 saturated heterocycles. The van der Waals surface area contributed by atoms with Gasteiger partial charge in [-0.1, -0.05) is 0 Å². The lowest BCUT2D eigenvalue weighted by atomic mass is 9.99. The zero-order valence-corrected chi connectivity index (χ0v) is 13.1. The van der Waals surface area contributed by atoms with Crippen molar-refractivity contribution in [2.24, 2.45) is 16.5 Å². The first-order valence-corrected chi connectivity index (χ1v) is 7.26. The maximum absolute atomic E-state index is 12.1. The molecular formula is C13H20N8O3. The Balaban J connectivity index is 1.89. The van der Waals surface area contributed by atoms with Crippen LogP contribution in [-0.4, -0.2) is 51.9 Å². The highest BCUT2D eigenvalue weighted by molar-refractivity contribution is 6.06. The van der Waals surface area contributed by atoms with E-state index in [1.165, 1.54) is 13.3 Å². The molecule has 1 aromatic rings. The van der Waals surface area contributed by atoms with Crippen molar-refractivity contribution in [1.82, 2.24) is 25.9 Å². The molecule has 0 unspecified atom stereocenters. The summed E-state index contributed by atoms with van der Waals surface area (Å²) in [5.41, 5.74) is 10.4. The van der Waals surface area contributed by atoms with Gasteiger partial charge in [0.1, 0.15) is 5.54 Å². The first-order chi connectivity index (χ1) is 11.3. The van der Waals surface area contributed by atoms with Crippen LogP contribution in [0.3, 0.4) is 0 Å². The lowest BCUT2D eigenvalue weighted by molar-refractivity contribution is -0.131. The van der Waals surface area contributed by atoms with Gasteiger partial charge in [0.25, 0.3) is 5.91 Å². The SMILES string of the molecule is C[C@]1(NC(=O)C[C@H](N)Cc2c[nH]cn2)CNC(NC(N)=O)=NC1=O. The van der Waals surface area contributed by atoms with Gasteiger partial charge in [0.15, 0.2) is 0 Å². The molecule has 0 spiro atoms. The highest BCUT2D eigenvalue weighted by Crippen LogP contribution is 2.10. The number of amides is 4. The summed E-state index contributed by atoms with van der Waals surface area (Å²) in [7, 11) is 0. The van der Waals surface area contributed by atoms with Crippen molar-refractivity contribution in [2.45, 2.75) is 31.3 Å². The molecule has 4 amide bonds. The maximum atomic E-state index is 12.1. The number of urea groups is 1. The van der Waals surface area contributed by atoms with Gasteiger partial charge in [0.2, 0.25) is 11.9 Å². The van der Waals surface area contributed by atoms with Gasteiger partial charge in [0, 0.05) is 31.6 Å². The van der Waals surface area contributed by atoms with Crippen molar-refractivity contribution in [3.05, 3.63) is 18.2 Å². The summed E-state index contributed by atoms with van der Waals surface area (Å²) in [6.07, 6.45) is 3.71. The van der Waals surface area contributed by atoms with Crippen LogP contribution in [0.4, 0.5) is 4.79 Å². The number of imidazole rings is 1. The largest absolute Gasteiger partial charge is 0.353 e. The predicted molar refractivity (Wildman–Crippen MR) is 84.6 cm³/mol. The minimum absolute atomic E-state index is 0.0336. The van der Waals surface area contributed by atoms with Crippen molar-refractivity contribution >= 4 is 23.8 Å². The highest BCUT2D eigenvalue weighted by atomic mass is 16.2. The van der Waals surface area contributed by atoms with E-state index in [1.54, 1.807) is 6.20 Å². The number of nitrogens with two attached hydrogens (primary N) is 2. The number of hydrogen-bond acceptors (Lipinski definition) is 6. The fourth-order valence-electron chi connectivity index (χ4n) is 2.23. The second-order valence-electron chi connectivity index (χ2n) is 5.72. The molecule has 0 saturated carbocycles. The summed E-state index contributed by atoms with van der Waals surface area (Å²) in [6.45, 7) is 1.59. The fraction of sp³-hybridized carbons (Fsp3) is 0.462. The van der Waals surface area contributed by atoms with Gasteiger partial charge in [-0.25, -0.2) is 9.78 Å². The van der Waals surface area contributed by atoms with Gasteiger partial charge in [-0.2, -0.15) is 4.99 Å². The van der Waals surface area contributed by atoms with Gasteiger partial charge >= 0.3 is 6.03 Å². The molecule has 2 rings (SSSR count). The van der Waals surface area contributed by atoms with Gasteiger partial charge in [0.05, 0.1) is 12.0 Å². The molecule has 0 fully saturated rings. The smallest absolute Gasteiger partial charge is 0.318 e. The van der Waals surface area contributed by atoms with Crippen LogP contribution in [-0.2, 0) is 16.0 Å². The second-order valence-corrected chi connectivity index (χ2v) is 5.72. The molecule has 2 atom stereocenters. The van der Waals surface area contributed by atoms with Crippen LogP contribution in [0.2, 0.25) is 0 Å². The lowest BCUT2D eigenvalue weighted by Crippen LogP contribution is -2.63. The van der Waals surface area contributed by atoms with Crippen LogP contribution in [0.15, 0.2) is 17.5 Å². The molecule has 130 valence electrons. The number of nitrogens with zero attached hydrogens (tertiary/aromatic N) is 2. The van der Waals surface area contributed by atoms with E-state index in [0.29, 0.717) is 6.42 Å². The predicted octanol–water partition coefficient (Wildman–Crippen LogP) is -2.30. The zero-order chi connectivity index (χ0) is 17.7. The van der Waals surface area contributed by atoms with Crippen LogP contribution < -0.4 is 27.4 Å². The third-order valence-corrected chi connectivity index (χ3v) is 3.43. The van der Waals surface area contributed by atoms with Gasteiger partial charge < -0.3 is 27.1 Å². The number of guanidine groups is 1. The Morgan fingerprint density at radius 3 is 2.83 bits per heavy atom. The number of primary amides is 1.